The van der Waals surface area contributed by atoms with Crippen molar-refractivity contribution in [2.45, 2.75) is 17.3 Å². The fourth-order valence-electron chi connectivity index (χ4n) is 2.98. The van der Waals surface area contributed by atoms with E-state index in [9.17, 15) is 9.18 Å². The molecule has 0 fully saturated rings. The number of halogens is 1. The molecule has 1 atom stereocenters. The number of hydrogen-bond acceptors (Lipinski definition) is 4. The quantitative estimate of drug-likeness (QED) is 0.412. The third-order valence-corrected chi connectivity index (χ3v) is 5.48. The van der Waals surface area contributed by atoms with E-state index in [1.54, 1.807) is 25.1 Å². The SMILES string of the molecule is C[C@H](Sc1n[nH]c(-c2ccccc2F)n1)C(=O)Nc1ccccc1-c1ccccc1. The van der Waals surface area contributed by atoms with Crippen LogP contribution in [0.15, 0.2) is 84.0 Å². The summed E-state index contributed by atoms with van der Waals surface area (Å²) in [5.74, 6) is -0.216. The maximum Gasteiger partial charge on any atom is 0.237 e. The number of anilines is 1. The molecule has 0 aliphatic heterocycles. The number of aromatic nitrogens is 3. The lowest BCUT2D eigenvalue weighted by Gasteiger charge is -2.14. The van der Waals surface area contributed by atoms with Crippen molar-refractivity contribution < 1.29 is 9.18 Å². The van der Waals surface area contributed by atoms with Gasteiger partial charge in [0.1, 0.15) is 5.82 Å². The number of rotatable bonds is 6. The van der Waals surface area contributed by atoms with E-state index in [4.69, 9.17) is 0 Å². The topological polar surface area (TPSA) is 70.7 Å². The zero-order chi connectivity index (χ0) is 20.9. The van der Waals surface area contributed by atoms with Gasteiger partial charge in [-0.25, -0.2) is 9.37 Å². The number of benzene rings is 3. The lowest BCUT2D eigenvalue weighted by Crippen LogP contribution is -2.22. The monoisotopic (exact) mass is 418 g/mol. The van der Waals surface area contributed by atoms with Crippen LogP contribution < -0.4 is 5.32 Å². The molecule has 1 amide bonds. The molecule has 0 radical (unpaired) electrons. The minimum Gasteiger partial charge on any atom is -0.325 e. The molecule has 0 aliphatic carbocycles. The Morgan fingerprint density at radius 1 is 0.967 bits per heavy atom. The predicted molar refractivity (Wildman–Crippen MR) is 118 cm³/mol. The van der Waals surface area contributed by atoms with Gasteiger partial charge in [-0.15, -0.1) is 5.10 Å². The molecule has 0 saturated heterocycles. The van der Waals surface area contributed by atoms with E-state index < -0.39 is 5.25 Å². The van der Waals surface area contributed by atoms with Gasteiger partial charge in [-0.3, -0.25) is 9.89 Å². The molecular formula is C23H19FN4OS. The summed E-state index contributed by atoms with van der Waals surface area (Å²) in [6.07, 6.45) is 0. The van der Waals surface area contributed by atoms with Gasteiger partial charge in [-0.05, 0) is 30.7 Å². The molecule has 4 rings (SSSR count). The Morgan fingerprint density at radius 3 is 2.40 bits per heavy atom. The summed E-state index contributed by atoms with van der Waals surface area (Å²) in [5.41, 5.74) is 3.05. The van der Waals surface area contributed by atoms with Gasteiger partial charge < -0.3 is 5.32 Å². The van der Waals surface area contributed by atoms with Crippen LogP contribution in [0, 0.1) is 5.82 Å². The van der Waals surface area contributed by atoms with Crippen molar-refractivity contribution in [2.24, 2.45) is 0 Å². The summed E-state index contributed by atoms with van der Waals surface area (Å²) in [4.78, 5) is 17.1. The van der Waals surface area contributed by atoms with Crippen LogP contribution in [-0.2, 0) is 4.79 Å². The van der Waals surface area contributed by atoms with Crippen molar-refractivity contribution in [3.05, 3.63) is 84.7 Å². The minimum absolute atomic E-state index is 0.166. The summed E-state index contributed by atoms with van der Waals surface area (Å²) in [6, 6.07) is 23.9. The lowest BCUT2D eigenvalue weighted by atomic mass is 10.0. The Hall–Kier alpha value is -3.45. The van der Waals surface area contributed by atoms with Gasteiger partial charge in [-0.2, -0.15) is 0 Å². The largest absolute Gasteiger partial charge is 0.325 e. The normalized spacial score (nSPS) is 11.8. The molecule has 0 bridgehead atoms. The Labute approximate surface area is 177 Å². The molecule has 1 heterocycles. The number of carbonyl (C=O) groups is 1. The number of nitrogens with zero attached hydrogens (tertiary/aromatic N) is 2. The number of thioether (sulfide) groups is 1. The molecule has 4 aromatic rings. The van der Waals surface area contributed by atoms with Gasteiger partial charge in [0.2, 0.25) is 11.1 Å². The van der Waals surface area contributed by atoms with E-state index in [1.165, 1.54) is 17.8 Å². The second-order valence-corrected chi connectivity index (χ2v) is 7.92. The van der Waals surface area contributed by atoms with E-state index in [1.807, 2.05) is 54.6 Å². The molecular weight excluding hydrogens is 399 g/mol. The van der Waals surface area contributed by atoms with E-state index in [-0.39, 0.29) is 11.7 Å². The maximum absolute atomic E-state index is 13.9. The van der Waals surface area contributed by atoms with Crippen molar-refractivity contribution >= 4 is 23.4 Å². The van der Waals surface area contributed by atoms with Crippen LogP contribution in [-0.4, -0.2) is 26.3 Å². The average Bonchev–Trinajstić information content (AvgIpc) is 3.23. The van der Waals surface area contributed by atoms with Crippen LogP contribution in [0.3, 0.4) is 0 Å². The molecule has 0 spiro atoms. The zero-order valence-electron chi connectivity index (χ0n) is 16.2. The summed E-state index contributed by atoms with van der Waals surface area (Å²) in [7, 11) is 0. The first-order chi connectivity index (χ1) is 14.6. The minimum atomic E-state index is -0.446. The van der Waals surface area contributed by atoms with Gasteiger partial charge in [-0.1, -0.05) is 72.4 Å². The van der Waals surface area contributed by atoms with Crippen molar-refractivity contribution in [3.63, 3.8) is 0 Å². The van der Waals surface area contributed by atoms with E-state index in [0.29, 0.717) is 16.5 Å². The Balaban J connectivity index is 1.47. The fraction of sp³-hybridized carbons (Fsp3) is 0.0870. The van der Waals surface area contributed by atoms with E-state index in [0.717, 1.165) is 16.8 Å². The van der Waals surface area contributed by atoms with Crippen LogP contribution in [0.5, 0.6) is 0 Å². The molecule has 30 heavy (non-hydrogen) atoms. The molecule has 2 N–H and O–H groups in total. The van der Waals surface area contributed by atoms with Crippen LogP contribution in [0.1, 0.15) is 6.92 Å². The molecule has 7 heteroatoms. The average molecular weight is 418 g/mol. The smallest absolute Gasteiger partial charge is 0.237 e. The standard InChI is InChI=1S/C23H19FN4OS/c1-15(30-23-26-21(27-28-23)18-12-5-7-13-19(18)24)22(29)25-20-14-8-6-11-17(20)16-9-3-2-4-10-16/h2-15H,1H3,(H,25,29)(H,26,27,28)/t15-/m0/s1. The molecule has 5 nitrogen and oxygen atoms in total. The third kappa shape index (κ3) is 4.41. The number of amides is 1. The van der Waals surface area contributed by atoms with Crippen molar-refractivity contribution in [2.75, 3.05) is 5.32 Å². The van der Waals surface area contributed by atoms with Crippen molar-refractivity contribution in [1.82, 2.24) is 15.2 Å². The number of nitrogens with one attached hydrogen (secondary N) is 2. The highest BCUT2D eigenvalue weighted by Gasteiger charge is 2.19. The van der Waals surface area contributed by atoms with Crippen LogP contribution in [0.2, 0.25) is 0 Å². The number of carbonyl (C=O) groups excluding carboxylic acids is 1. The number of H-pyrrole nitrogens is 1. The second kappa shape index (κ2) is 8.92. The fourth-order valence-corrected chi connectivity index (χ4v) is 3.70. The molecule has 150 valence electrons. The van der Waals surface area contributed by atoms with Crippen LogP contribution in [0.25, 0.3) is 22.5 Å². The summed E-state index contributed by atoms with van der Waals surface area (Å²) in [5, 5.41) is 9.77. The Bertz CT molecular complexity index is 1160. The number of para-hydroxylation sites is 1. The van der Waals surface area contributed by atoms with E-state index in [2.05, 4.69) is 20.5 Å². The van der Waals surface area contributed by atoms with Crippen molar-refractivity contribution in [3.8, 4) is 22.5 Å². The first kappa shape index (κ1) is 19.8. The van der Waals surface area contributed by atoms with Gasteiger partial charge in [0.05, 0.1) is 10.8 Å². The number of hydrogen-bond donors (Lipinski definition) is 2. The first-order valence-corrected chi connectivity index (χ1v) is 10.3. The van der Waals surface area contributed by atoms with Gasteiger partial charge in [0.15, 0.2) is 5.82 Å². The van der Waals surface area contributed by atoms with Crippen molar-refractivity contribution in [1.29, 1.82) is 0 Å². The summed E-state index contributed by atoms with van der Waals surface area (Å²) in [6.45, 7) is 1.78. The highest BCUT2D eigenvalue weighted by atomic mass is 32.2. The summed E-state index contributed by atoms with van der Waals surface area (Å²) >= 11 is 1.21. The predicted octanol–water partition coefficient (Wildman–Crippen LogP) is 5.40. The number of aromatic amines is 1. The molecule has 3 aromatic carbocycles. The van der Waals surface area contributed by atoms with E-state index >= 15 is 0 Å². The van der Waals surface area contributed by atoms with Crippen LogP contribution >= 0.6 is 11.8 Å². The summed E-state index contributed by atoms with van der Waals surface area (Å²) < 4.78 is 13.9. The van der Waals surface area contributed by atoms with Gasteiger partial charge >= 0.3 is 0 Å². The van der Waals surface area contributed by atoms with Crippen LogP contribution in [0.4, 0.5) is 10.1 Å². The molecule has 0 unspecified atom stereocenters. The highest BCUT2D eigenvalue weighted by Crippen LogP contribution is 2.29. The Kier molecular flexibility index (Phi) is 5.90. The molecule has 0 saturated carbocycles. The Morgan fingerprint density at radius 2 is 1.63 bits per heavy atom. The molecule has 1 aromatic heterocycles. The zero-order valence-corrected chi connectivity index (χ0v) is 17.0. The first-order valence-electron chi connectivity index (χ1n) is 9.41. The van der Waals surface area contributed by atoms with Gasteiger partial charge in [0.25, 0.3) is 0 Å². The van der Waals surface area contributed by atoms with Gasteiger partial charge in [0, 0.05) is 11.3 Å². The molecule has 0 aliphatic rings. The maximum atomic E-state index is 13.9. The third-order valence-electron chi connectivity index (χ3n) is 4.52. The lowest BCUT2D eigenvalue weighted by molar-refractivity contribution is -0.115. The highest BCUT2D eigenvalue weighted by molar-refractivity contribution is 8.00. The second-order valence-electron chi connectivity index (χ2n) is 6.61.